The average Bonchev–Trinajstić information content (AvgIpc) is 2.83. The van der Waals surface area contributed by atoms with Crippen LogP contribution >= 0.6 is 0 Å². The van der Waals surface area contributed by atoms with Gasteiger partial charge in [0.05, 0.1) is 12.0 Å². The van der Waals surface area contributed by atoms with E-state index >= 15 is 0 Å². The lowest BCUT2D eigenvalue weighted by atomic mass is 10.1. The quantitative estimate of drug-likeness (QED) is 0.778. The monoisotopic (exact) mass is 256 g/mol. The molecule has 0 radical (unpaired) electrons. The maximum Gasteiger partial charge on any atom is 0.227 e. The van der Waals surface area contributed by atoms with Crippen molar-refractivity contribution in [3.05, 3.63) is 0 Å². The fourth-order valence-electron chi connectivity index (χ4n) is 2.21. The number of likely N-dealkylation sites (tertiary alicyclic amines) is 1. The van der Waals surface area contributed by atoms with E-state index in [0.29, 0.717) is 32.5 Å². The Morgan fingerprint density at radius 1 is 1.50 bits per heavy atom. The molecule has 2 unspecified atom stereocenters. The van der Waals surface area contributed by atoms with Gasteiger partial charge in [-0.05, 0) is 19.8 Å². The summed E-state index contributed by atoms with van der Waals surface area (Å²) in [5, 5.41) is 9.20. The molecular formula is C13H24N2O3. The molecule has 104 valence electrons. The number of carbonyl (C=O) groups excluding carboxylic acids is 2. The van der Waals surface area contributed by atoms with Gasteiger partial charge in [0.15, 0.2) is 0 Å². The molecule has 0 bridgehead atoms. The predicted octanol–water partition coefficient (Wildman–Crippen LogP) is 0.474. The van der Waals surface area contributed by atoms with Crippen molar-refractivity contribution < 1.29 is 14.7 Å². The molecule has 5 heteroatoms. The summed E-state index contributed by atoms with van der Waals surface area (Å²) >= 11 is 0. The fraction of sp³-hybridized carbons (Fsp3) is 0.846. The highest BCUT2D eigenvalue weighted by Crippen LogP contribution is 2.19. The maximum absolute atomic E-state index is 12.1. The van der Waals surface area contributed by atoms with Crippen LogP contribution in [0.25, 0.3) is 0 Å². The van der Waals surface area contributed by atoms with E-state index in [-0.39, 0.29) is 23.8 Å². The van der Waals surface area contributed by atoms with Crippen molar-refractivity contribution in [2.24, 2.45) is 5.92 Å². The van der Waals surface area contributed by atoms with Crippen molar-refractivity contribution in [2.75, 3.05) is 26.7 Å². The number of carbonyl (C=O) groups is 2. The number of rotatable bonds is 5. The molecule has 1 fully saturated rings. The van der Waals surface area contributed by atoms with Crippen LogP contribution in [-0.2, 0) is 9.59 Å². The first kappa shape index (κ1) is 15.0. The van der Waals surface area contributed by atoms with Crippen LogP contribution in [0.15, 0.2) is 0 Å². The molecular weight excluding hydrogens is 232 g/mol. The highest BCUT2D eigenvalue weighted by Gasteiger charge is 2.31. The topological polar surface area (TPSA) is 60.9 Å². The number of amides is 2. The van der Waals surface area contributed by atoms with Crippen LogP contribution in [0.2, 0.25) is 0 Å². The molecule has 1 N–H and O–H groups in total. The highest BCUT2D eigenvalue weighted by atomic mass is 16.3. The molecule has 0 aromatic heterocycles. The highest BCUT2D eigenvalue weighted by molar-refractivity contribution is 5.82. The largest absolute Gasteiger partial charge is 0.393 e. The third-order valence-electron chi connectivity index (χ3n) is 3.45. The van der Waals surface area contributed by atoms with Crippen molar-refractivity contribution in [3.8, 4) is 0 Å². The second-order valence-corrected chi connectivity index (χ2v) is 5.08. The van der Waals surface area contributed by atoms with Gasteiger partial charge < -0.3 is 14.9 Å². The Labute approximate surface area is 109 Å². The van der Waals surface area contributed by atoms with Crippen LogP contribution in [-0.4, -0.2) is 59.5 Å². The van der Waals surface area contributed by atoms with Crippen molar-refractivity contribution in [1.82, 2.24) is 9.80 Å². The molecule has 5 nitrogen and oxygen atoms in total. The van der Waals surface area contributed by atoms with E-state index in [0.717, 1.165) is 6.42 Å². The molecule has 2 atom stereocenters. The van der Waals surface area contributed by atoms with E-state index in [1.807, 2.05) is 6.92 Å². The minimum absolute atomic E-state index is 0.0699. The summed E-state index contributed by atoms with van der Waals surface area (Å²) < 4.78 is 0. The van der Waals surface area contributed by atoms with E-state index in [1.165, 1.54) is 0 Å². The van der Waals surface area contributed by atoms with Gasteiger partial charge in [0.2, 0.25) is 11.8 Å². The van der Waals surface area contributed by atoms with Gasteiger partial charge in [-0.3, -0.25) is 9.59 Å². The zero-order valence-electron chi connectivity index (χ0n) is 11.6. The molecule has 1 heterocycles. The molecule has 18 heavy (non-hydrogen) atoms. The van der Waals surface area contributed by atoms with E-state index in [2.05, 4.69) is 0 Å². The number of nitrogens with zero attached hydrogens (tertiary/aromatic N) is 2. The normalized spacial score (nSPS) is 20.9. The Morgan fingerprint density at radius 3 is 2.72 bits per heavy atom. The molecule has 0 saturated carbocycles. The minimum Gasteiger partial charge on any atom is -0.393 e. The van der Waals surface area contributed by atoms with Crippen LogP contribution in [0, 0.1) is 5.92 Å². The first-order chi connectivity index (χ1) is 8.45. The summed E-state index contributed by atoms with van der Waals surface area (Å²) in [4.78, 5) is 27.1. The van der Waals surface area contributed by atoms with Crippen molar-refractivity contribution in [2.45, 2.75) is 39.2 Å². The molecule has 0 aliphatic carbocycles. The number of hydrogen-bond donors (Lipinski definition) is 1. The summed E-state index contributed by atoms with van der Waals surface area (Å²) in [5.41, 5.74) is 0. The zero-order valence-corrected chi connectivity index (χ0v) is 11.6. The van der Waals surface area contributed by atoms with Gasteiger partial charge in [-0.25, -0.2) is 0 Å². The van der Waals surface area contributed by atoms with Crippen LogP contribution in [0.3, 0.4) is 0 Å². The molecule has 0 aromatic carbocycles. The van der Waals surface area contributed by atoms with Gasteiger partial charge in [-0.1, -0.05) is 6.92 Å². The van der Waals surface area contributed by atoms with E-state index in [4.69, 9.17) is 0 Å². The second kappa shape index (κ2) is 6.73. The Balaban J connectivity index is 2.41. The summed E-state index contributed by atoms with van der Waals surface area (Å²) in [6, 6.07) is 0. The van der Waals surface area contributed by atoms with Crippen LogP contribution in [0.4, 0.5) is 0 Å². The third kappa shape index (κ3) is 3.98. The molecule has 0 aromatic rings. The SMILES string of the molecule is CCC(=O)N1CCC(C(=O)N(C)CCC(C)O)C1. The van der Waals surface area contributed by atoms with Gasteiger partial charge in [-0.15, -0.1) is 0 Å². The fourth-order valence-corrected chi connectivity index (χ4v) is 2.21. The number of aliphatic hydroxyl groups is 1. The second-order valence-electron chi connectivity index (χ2n) is 5.08. The van der Waals surface area contributed by atoms with Gasteiger partial charge in [0, 0.05) is 33.1 Å². The van der Waals surface area contributed by atoms with Crippen molar-refractivity contribution >= 4 is 11.8 Å². The molecule has 1 rings (SSSR count). The zero-order chi connectivity index (χ0) is 13.7. The summed E-state index contributed by atoms with van der Waals surface area (Å²) in [6.45, 7) is 5.36. The molecule has 1 aliphatic heterocycles. The predicted molar refractivity (Wildman–Crippen MR) is 68.9 cm³/mol. The molecule has 1 saturated heterocycles. The molecule has 0 spiro atoms. The van der Waals surface area contributed by atoms with E-state index in [1.54, 1.807) is 23.8 Å². The van der Waals surface area contributed by atoms with Crippen molar-refractivity contribution in [1.29, 1.82) is 0 Å². The lowest BCUT2D eigenvalue weighted by Crippen LogP contribution is -2.37. The summed E-state index contributed by atoms with van der Waals surface area (Å²) in [6.07, 6.45) is 1.46. The third-order valence-corrected chi connectivity index (χ3v) is 3.45. The van der Waals surface area contributed by atoms with Crippen LogP contribution in [0.1, 0.15) is 33.1 Å². The van der Waals surface area contributed by atoms with E-state index in [9.17, 15) is 14.7 Å². The van der Waals surface area contributed by atoms with Crippen LogP contribution in [0.5, 0.6) is 0 Å². The smallest absolute Gasteiger partial charge is 0.227 e. The molecule has 1 aliphatic rings. The Kier molecular flexibility index (Phi) is 5.59. The minimum atomic E-state index is -0.387. The Hall–Kier alpha value is -1.10. The number of aliphatic hydroxyl groups excluding tert-OH is 1. The van der Waals surface area contributed by atoms with E-state index < -0.39 is 0 Å². The lowest BCUT2D eigenvalue weighted by molar-refractivity contribution is -0.134. The van der Waals surface area contributed by atoms with Crippen LogP contribution < -0.4 is 0 Å². The summed E-state index contributed by atoms with van der Waals surface area (Å²) in [7, 11) is 1.76. The first-order valence-corrected chi connectivity index (χ1v) is 6.66. The molecule has 2 amide bonds. The van der Waals surface area contributed by atoms with Gasteiger partial charge in [-0.2, -0.15) is 0 Å². The van der Waals surface area contributed by atoms with Crippen molar-refractivity contribution in [3.63, 3.8) is 0 Å². The number of hydrogen-bond acceptors (Lipinski definition) is 3. The first-order valence-electron chi connectivity index (χ1n) is 6.66. The summed E-state index contributed by atoms with van der Waals surface area (Å²) in [5.74, 6) is 0.137. The Morgan fingerprint density at radius 2 is 2.17 bits per heavy atom. The van der Waals surface area contributed by atoms with Gasteiger partial charge >= 0.3 is 0 Å². The lowest BCUT2D eigenvalue weighted by Gasteiger charge is -2.22. The maximum atomic E-state index is 12.1. The standard InChI is InChI=1S/C13H24N2O3/c1-4-12(17)15-8-6-11(9-15)13(18)14(3)7-5-10(2)16/h10-11,16H,4-9H2,1-3H3. The Bertz CT molecular complexity index is 305. The van der Waals surface area contributed by atoms with Gasteiger partial charge in [0.1, 0.15) is 0 Å². The average molecular weight is 256 g/mol. The van der Waals surface area contributed by atoms with Gasteiger partial charge in [0.25, 0.3) is 0 Å².